The minimum Gasteiger partial charge on any atom is -0.361 e. The average molecular weight is 494 g/mol. The van der Waals surface area contributed by atoms with Crippen molar-refractivity contribution in [2.24, 2.45) is 0 Å². The topological polar surface area (TPSA) is 72.5 Å². The largest absolute Gasteiger partial charge is 0.361 e. The lowest BCUT2D eigenvalue weighted by Gasteiger charge is -2.35. The minimum atomic E-state index is -3.56. The minimum absolute atomic E-state index is 0.0314. The lowest BCUT2D eigenvalue weighted by Crippen LogP contribution is -2.48. The number of nitrogens with zero attached hydrogens (tertiary/aromatic N) is 4. The first-order chi connectivity index (χ1) is 17.1. The number of imidazole rings is 1. The van der Waals surface area contributed by atoms with Crippen molar-refractivity contribution in [3.8, 4) is 0 Å². The molecule has 5 rings (SSSR count). The van der Waals surface area contributed by atoms with Crippen LogP contribution in [0.15, 0.2) is 67.1 Å². The van der Waals surface area contributed by atoms with Gasteiger partial charge in [0.1, 0.15) is 0 Å². The molecule has 2 aromatic carbocycles. The van der Waals surface area contributed by atoms with Gasteiger partial charge in [-0.3, -0.25) is 0 Å². The predicted octanol–water partition coefficient (Wildman–Crippen LogP) is 4.35. The molecule has 0 spiro atoms. The molecular formula is C27H35N5O2S. The molecule has 8 heteroatoms. The third-order valence-electron chi connectivity index (χ3n) is 7.23. The van der Waals surface area contributed by atoms with E-state index in [0.717, 1.165) is 55.5 Å². The van der Waals surface area contributed by atoms with Gasteiger partial charge in [0.05, 0.1) is 18.6 Å². The van der Waals surface area contributed by atoms with E-state index < -0.39 is 10.2 Å². The van der Waals surface area contributed by atoms with Gasteiger partial charge in [0, 0.05) is 44.1 Å². The summed E-state index contributed by atoms with van der Waals surface area (Å²) in [7, 11) is -3.56. The molecule has 186 valence electrons. The quantitative estimate of drug-likeness (QED) is 0.531. The summed E-state index contributed by atoms with van der Waals surface area (Å²) in [6.07, 6.45) is 9.39. The number of aryl methyl sites for hydroxylation is 1. The van der Waals surface area contributed by atoms with Crippen LogP contribution in [-0.2, 0) is 29.7 Å². The Hall–Kier alpha value is -2.68. The fourth-order valence-electron chi connectivity index (χ4n) is 5.32. The summed E-state index contributed by atoms with van der Waals surface area (Å²) in [5.74, 6) is 0. The summed E-state index contributed by atoms with van der Waals surface area (Å²) >= 11 is 0. The average Bonchev–Trinajstić information content (AvgIpc) is 3.15. The second kappa shape index (κ2) is 10.9. The number of rotatable bonds is 7. The van der Waals surface area contributed by atoms with E-state index in [0.29, 0.717) is 32.7 Å². The standard InChI is InChI=1S/C27H35N5O2S/c33-35(34,30-16-8-1-2-9-17-30)31-19-24-12-6-7-13-27(24)32(20-25-18-28-22-29-25)26(21-31)15-14-23-10-4-3-5-11-23/h3-7,10-13,18,22,26H,1-2,8-9,14-17,19-21H2,(H,28,29)/t26-/m0/s1. The Morgan fingerprint density at radius 3 is 2.40 bits per heavy atom. The van der Waals surface area contributed by atoms with Crippen LogP contribution < -0.4 is 4.90 Å². The highest BCUT2D eigenvalue weighted by Gasteiger charge is 2.36. The van der Waals surface area contributed by atoms with Crippen LogP contribution in [0.4, 0.5) is 5.69 Å². The number of aromatic nitrogens is 2. The Bertz CT molecular complexity index is 1180. The van der Waals surface area contributed by atoms with Gasteiger partial charge in [0.25, 0.3) is 10.2 Å². The van der Waals surface area contributed by atoms with Crippen molar-refractivity contribution in [3.63, 3.8) is 0 Å². The molecule has 1 N–H and O–H groups in total. The summed E-state index contributed by atoms with van der Waals surface area (Å²) in [5, 5.41) is 0. The van der Waals surface area contributed by atoms with Crippen LogP contribution in [0.1, 0.15) is 48.9 Å². The van der Waals surface area contributed by atoms with E-state index in [9.17, 15) is 8.42 Å². The highest BCUT2D eigenvalue weighted by Crippen LogP contribution is 2.33. The van der Waals surface area contributed by atoms with Gasteiger partial charge in [-0.15, -0.1) is 0 Å². The van der Waals surface area contributed by atoms with Crippen molar-refractivity contribution >= 4 is 15.9 Å². The molecule has 7 nitrogen and oxygen atoms in total. The Labute approximate surface area is 209 Å². The summed E-state index contributed by atoms with van der Waals surface area (Å²) in [6, 6.07) is 18.7. The Morgan fingerprint density at radius 2 is 1.66 bits per heavy atom. The van der Waals surface area contributed by atoms with Gasteiger partial charge in [0.2, 0.25) is 0 Å². The van der Waals surface area contributed by atoms with E-state index in [4.69, 9.17) is 0 Å². The van der Waals surface area contributed by atoms with Gasteiger partial charge < -0.3 is 9.88 Å². The van der Waals surface area contributed by atoms with Gasteiger partial charge in [-0.25, -0.2) is 4.98 Å². The summed E-state index contributed by atoms with van der Waals surface area (Å²) in [4.78, 5) is 9.83. The number of aromatic amines is 1. The number of H-pyrrole nitrogens is 1. The first kappa shape index (κ1) is 24.0. The zero-order chi connectivity index (χ0) is 24.1. The maximum atomic E-state index is 13.9. The van der Waals surface area contributed by atoms with Crippen LogP contribution in [0.3, 0.4) is 0 Å². The SMILES string of the molecule is O=S(=O)(N1CCCCCC1)N1Cc2ccccc2N(Cc2cnc[nH]2)[C@@H](CCc2ccccc2)C1. The van der Waals surface area contributed by atoms with Crippen LogP contribution in [-0.4, -0.2) is 52.7 Å². The first-order valence-corrected chi connectivity index (χ1v) is 14.1. The van der Waals surface area contributed by atoms with Gasteiger partial charge in [-0.05, 0) is 42.9 Å². The first-order valence-electron chi connectivity index (χ1n) is 12.7. The molecule has 1 fully saturated rings. The van der Waals surface area contributed by atoms with Crippen LogP contribution in [0.5, 0.6) is 0 Å². The highest BCUT2D eigenvalue weighted by molar-refractivity contribution is 7.86. The maximum Gasteiger partial charge on any atom is 0.282 e. The molecule has 0 aliphatic carbocycles. The molecule has 1 saturated heterocycles. The van der Waals surface area contributed by atoms with E-state index in [1.807, 2.05) is 24.4 Å². The molecule has 3 heterocycles. The van der Waals surface area contributed by atoms with E-state index in [-0.39, 0.29) is 6.04 Å². The molecule has 0 unspecified atom stereocenters. The van der Waals surface area contributed by atoms with Gasteiger partial charge in [0.15, 0.2) is 0 Å². The predicted molar refractivity (Wildman–Crippen MR) is 139 cm³/mol. The van der Waals surface area contributed by atoms with Crippen molar-refractivity contribution in [2.45, 2.75) is 57.7 Å². The lowest BCUT2D eigenvalue weighted by molar-refractivity contribution is 0.320. The molecule has 1 aromatic heterocycles. The zero-order valence-electron chi connectivity index (χ0n) is 20.2. The highest BCUT2D eigenvalue weighted by atomic mass is 32.2. The van der Waals surface area contributed by atoms with E-state index in [1.165, 1.54) is 5.56 Å². The number of fused-ring (bicyclic) bond motifs is 1. The van der Waals surface area contributed by atoms with Gasteiger partial charge in [-0.2, -0.15) is 17.0 Å². The number of hydrogen-bond acceptors (Lipinski definition) is 4. The Kier molecular flexibility index (Phi) is 7.51. The number of anilines is 1. The second-order valence-electron chi connectivity index (χ2n) is 9.63. The van der Waals surface area contributed by atoms with Crippen molar-refractivity contribution in [1.29, 1.82) is 0 Å². The fourth-order valence-corrected chi connectivity index (χ4v) is 7.02. The van der Waals surface area contributed by atoms with Crippen LogP contribution in [0.25, 0.3) is 0 Å². The van der Waals surface area contributed by atoms with Crippen molar-refractivity contribution in [1.82, 2.24) is 18.6 Å². The van der Waals surface area contributed by atoms with Crippen LogP contribution in [0.2, 0.25) is 0 Å². The van der Waals surface area contributed by atoms with Gasteiger partial charge >= 0.3 is 0 Å². The molecule has 1 atom stereocenters. The molecule has 0 saturated carbocycles. The third-order valence-corrected chi connectivity index (χ3v) is 9.17. The summed E-state index contributed by atoms with van der Waals surface area (Å²) in [6.45, 7) is 2.76. The molecule has 35 heavy (non-hydrogen) atoms. The number of hydrogen-bond donors (Lipinski definition) is 1. The number of para-hydroxylation sites is 1. The number of benzene rings is 2. The molecular weight excluding hydrogens is 458 g/mol. The summed E-state index contributed by atoms with van der Waals surface area (Å²) in [5.41, 5.74) is 4.45. The zero-order valence-corrected chi connectivity index (χ0v) is 21.0. The lowest BCUT2D eigenvalue weighted by atomic mass is 10.0. The van der Waals surface area contributed by atoms with Crippen molar-refractivity contribution in [3.05, 3.63) is 83.9 Å². The number of nitrogens with one attached hydrogen (secondary N) is 1. The second-order valence-corrected chi connectivity index (χ2v) is 11.6. The van der Waals surface area contributed by atoms with Crippen molar-refractivity contribution in [2.75, 3.05) is 24.5 Å². The molecule has 3 aromatic rings. The Morgan fingerprint density at radius 1 is 0.914 bits per heavy atom. The summed E-state index contributed by atoms with van der Waals surface area (Å²) < 4.78 is 31.3. The maximum absolute atomic E-state index is 13.9. The molecule has 0 amide bonds. The normalized spacial score (nSPS) is 20.2. The van der Waals surface area contributed by atoms with E-state index in [2.05, 4.69) is 51.3 Å². The van der Waals surface area contributed by atoms with Crippen LogP contribution >= 0.6 is 0 Å². The van der Waals surface area contributed by atoms with E-state index >= 15 is 0 Å². The smallest absolute Gasteiger partial charge is 0.282 e. The van der Waals surface area contributed by atoms with Crippen LogP contribution in [0, 0.1) is 0 Å². The molecule has 0 radical (unpaired) electrons. The third kappa shape index (κ3) is 5.60. The molecule has 2 aliphatic heterocycles. The van der Waals surface area contributed by atoms with E-state index in [1.54, 1.807) is 14.9 Å². The van der Waals surface area contributed by atoms with Crippen molar-refractivity contribution < 1.29 is 8.42 Å². The van der Waals surface area contributed by atoms with Gasteiger partial charge in [-0.1, -0.05) is 61.4 Å². The molecule has 0 bridgehead atoms. The molecule has 2 aliphatic rings. The monoisotopic (exact) mass is 493 g/mol. The Balaban J connectivity index is 1.49. The fraction of sp³-hybridized carbons (Fsp3) is 0.444.